The molecule has 1 aliphatic rings. The van der Waals surface area contributed by atoms with Crippen LogP contribution in [0.4, 0.5) is 10.1 Å². The molecule has 8 heteroatoms. The van der Waals surface area contributed by atoms with Crippen molar-refractivity contribution < 1.29 is 8.81 Å². The van der Waals surface area contributed by atoms with E-state index in [1.807, 2.05) is 18.2 Å². The second-order valence-electron chi connectivity index (χ2n) is 6.49. The quantitative estimate of drug-likeness (QED) is 0.228. The molecular formula is C22H23FN4O2S. The Bertz CT molecular complexity index is 1110. The molecule has 1 aromatic carbocycles. The third-order valence-corrected chi connectivity index (χ3v) is 4.90. The Morgan fingerprint density at radius 2 is 2.13 bits per heavy atom. The largest absolute Gasteiger partial charge is 0.422 e. The molecule has 1 aliphatic carbocycles. The van der Waals surface area contributed by atoms with Crippen LogP contribution in [0, 0.1) is 0 Å². The summed E-state index contributed by atoms with van der Waals surface area (Å²) in [4.78, 5) is 18.9. The van der Waals surface area contributed by atoms with E-state index in [0.29, 0.717) is 17.7 Å². The molecule has 0 aliphatic heterocycles. The van der Waals surface area contributed by atoms with Crippen molar-refractivity contribution in [1.82, 2.24) is 10.9 Å². The molecule has 1 heterocycles. The molecule has 1 aromatic heterocycles. The maximum absolute atomic E-state index is 13.4. The van der Waals surface area contributed by atoms with Gasteiger partial charge in [0.05, 0.1) is 11.3 Å². The van der Waals surface area contributed by atoms with Crippen LogP contribution in [0.5, 0.6) is 0 Å². The van der Waals surface area contributed by atoms with Crippen LogP contribution in [0.3, 0.4) is 0 Å². The second kappa shape index (κ2) is 9.98. The zero-order chi connectivity index (χ0) is 21.5. The van der Waals surface area contributed by atoms with Gasteiger partial charge >= 0.3 is 5.63 Å². The van der Waals surface area contributed by atoms with Gasteiger partial charge in [0.15, 0.2) is 0 Å². The number of nitrogens with zero attached hydrogens (tertiary/aromatic N) is 2. The highest BCUT2D eigenvalue weighted by molar-refractivity contribution is 7.80. The minimum Gasteiger partial charge on any atom is -0.422 e. The Labute approximate surface area is 179 Å². The summed E-state index contributed by atoms with van der Waals surface area (Å²) in [7, 11) is 0. The summed E-state index contributed by atoms with van der Waals surface area (Å²) >= 11 is 5.29. The van der Waals surface area contributed by atoms with Crippen molar-refractivity contribution in [3.05, 3.63) is 76.1 Å². The maximum atomic E-state index is 13.4. The molecule has 0 unspecified atom stereocenters. The first-order valence-corrected chi connectivity index (χ1v) is 10.1. The normalized spacial score (nSPS) is 13.7. The van der Waals surface area contributed by atoms with E-state index in [4.69, 9.17) is 16.6 Å². The van der Waals surface area contributed by atoms with Gasteiger partial charge in [-0.1, -0.05) is 24.4 Å². The fourth-order valence-electron chi connectivity index (χ4n) is 3.02. The van der Waals surface area contributed by atoms with E-state index >= 15 is 0 Å². The smallest absolute Gasteiger partial charge is 0.346 e. The summed E-state index contributed by atoms with van der Waals surface area (Å²) in [5.41, 5.74) is 7.11. The lowest BCUT2D eigenvalue weighted by Gasteiger charge is -2.21. The van der Waals surface area contributed by atoms with Crippen LogP contribution in [0.1, 0.15) is 25.8 Å². The van der Waals surface area contributed by atoms with Gasteiger partial charge in [-0.2, -0.15) is 0 Å². The van der Waals surface area contributed by atoms with Crippen molar-refractivity contribution in [3.63, 3.8) is 0 Å². The zero-order valence-electron chi connectivity index (χ0n) is 16.8. The van der Waals surface area contributed by atoms with Crippen LogP contribution in [-0.4, -0.2) is 24.4 Å². The predicted molar refractivity (Wildman–Crippen MR) is 124 cm³/mol. The molecular weight excluding hydrogens is 403 g/mol. The first kappa shape index (κ1) is 21.4. The molecule has 0 atom stereocenters. The van der Waals surface area contributed by atoms with E-state index in [2.05, 4.69) is 34.6 Å². The number of aliphatic imine (C=N–C) groups is 1. The summed E-state index contributed by atoms with van der Waals surface area (Å²) in [5, 5.41) is 0.773. The van der Waals surface area contributed by atoms with Gasteiger partial charge in [-0.15, -0.1) is 0 Å². The minimum absolute atomic E-state index is 0.170. The van der Waals surface area contributed by atoms with Crippen LogP contribution in [0.2, 0.25) is 0 Å². The standard InChI is InChI=1S/C22H23FN4O2S/c1-3-27(4-2)18-10-9-15-11-19(22(28)29-20(15)13-18)21(30)26-25-14-24-17-8-6-5-7-16(23)12-17/h5,7-14H,3-4,6H2,1-2H3,(H,24,25)(H,26,30). The number of hydrogen-bond acceptors (Lipinski definition) is 5. The number of hydrogen-bond donors (Lipinski definition) is 2. The molecule has 2 N–H and O–H groups in total. The number of allylic oxidation sites excluding steroid dienone is 5. The zero-order valence-corrected chi connectivity index (χ0v) is 17.6. The monoisotopic (exact) mass is 426 g/mol. The number of fused-ring (bicyclic) bond motifs is 1. The van der Waals surface area contributed by atoms with Gasteiger partial charge in [-0.25, -0.2) is 14.2 Å². The molecule has 0 bridgehead atoms. The lowest BCUT2D eigenvalue weighted by Crippen LogP contribution is -2.37. The summed E-state index contributed by atoms with van der Waals surface area (Å²) in [6.45, 7) is 5.87. The molecule has 30 heavy (non-hydrogen) atoms. The molecule has 156 valence electrons. The topological polar surface area (TPSA) is 69.9 Å². The number of thiocarbonyl (C=S) groups is 1. The highest BCUT2D eigenvalue weighted by Crippen LogP contribution is 2.22. The van der Waals surface area contributed by atoms with Crippen molar-refractivity contribution in [2.45, 2.75) is 20.3 Å². The van der Waals surface area contributed by atoms with Gasteiger partial charge in [-0.05, 0) is 50.6 Å². The lowest BCUT2D eigenvalue weighted by atomic mass is 10.1. The van der Waals surface area contributed by atoms with Crippen molar-refractivity contribution in [3.8, 4) is 0 Å². The van der Waals surface area contributed by atoms with Crippen LogP contribution in [0.15, 0.2) is 74.3 Å². The molecule has 0 spiro atoms. The molecule has 3 rings (SSSR count). The molecule has 0 saturated heterocycles. The predicted octanol–water partition coefficient (Wildman–Crippen LogP) is 4.13. The fraction of sp³-hybridized carbons (Fsp3) is 0.227. The molecule has 6 nitrogen and oxygen atoms in total. The van der Waals surface area contributed by atoms with Gasteiger partial charge in [0, 0.05) is 30.2 Å². The number of anilines is 1. The lowest BCUT2D eigenvalue weighted by molar-refractivity contribution is 0.559. The van der Waals surface area contributed by atoms with E-state index in [-0.39, 0.29) is 16.4 Å². The summed E-state index contributed by atoms with van der Waals surface area (Å²) in [5.74, 6) is -0.364. The first-order valence-electron chi connectivity index (χ1n) is 9.67. The van der Waals surface area contributed by atoms with Crippen LogP contribution < -0.4 is 21.4 Å². The van der Waals surface area contributed by atoms with Crippen molar-refractivity contribution in [2.24, 2.45) is 4.99 Å². The van der Waals surface area contributed by atoms with E-state index < -0.39 is 5.63 Å². The average molecular weight is 427 g/mol. The van der Waals surface area contributed by atoms with Gasteiger partial charge in [0.25, 0.3) is 0 Å². The van der Waals surface area contributed by atoms with Crippen LogP contribution >= 0.6 is 12.2 Å². The van der Waals surface area contributed by atoms with Gasteiger partial charge in [0.2, 0.25) is 0 Å². The van der Waals surface area contributed by atoms with Crippen molar-refractivity contribution in [2.75, 3.05) is 18.0 Å². The Morgan fingerprint density at radius 1 is 1.33 bits per heavy atom. The number of hydrazine groups is 1. The Balaban J connectivity index is 1.70. The van der Waals surface area contributed by atoms with Crippen LogP contribution in [-0.2, 0) is 0 Å². The molecule has 2 aromatic rings. The summed E-state index contributed by atoms with van der Waals surface area (Å²) in [6.07, 6.45) is 8.14. The molecule has 0 fully saturated rings. The molecule has 0 amide bonds. The van der Waals surface area contributed by atoms with E-state index in [1.165, 1.54) is 18.5 Å². The van der Waals surface area contributed by atoms with Crippen molar-refractivity contribution >= 4 is 40.2 Å². The Kier molecular flexibility index (Phi) is 7.13. The number of benzene rings is 1. The van der Waals surface area contributed by atoms with Gasteiger partial charge < -0.3 is 9.32 Å². The van der Waals surface area contributed by atoms with E-state index in [0.717, 1.165) is 24.2 Å². The highest BCUT2D eigenvalue weighted by Gasteiger charge is 2.11. The minimum atomic E-state index is -0.530. The summed E-state index contributed by atoms with van der Waals surface area (Å²) < 4.78 is 18.9. The number of nitrogens with one attached hydrogen (secondary N) is 2. The van der Waals surface area contributed by atoms with Crippen molar-refractivity contribution in [1.29, 1.82) is 0 Å². The number of halogens is 1. The average Bonchev–Trinajstić information content (AvgIpc) is 2.95. The SMILES string of the molecule is CCN(CC)c1ccc2cc(C(=S)NNC=NC3=CCC=CC(F)=C3)c(=O)oc2c1. The first-order chi connectivity index (χ1) is 14.5. The third kappa shape index (κ3) is 5.21. The summed E-state index contributed by atoms with van der Waals surface area (Å²) in [6, 6.07) is 7.44. The molecule has 0 radical (unpaired) electrons. The van der Waals surface area contributed by atoms with E-state index in [9.17, 15) is 9.18 Å². The fourth-order valence-corrected chi connectivity index (χ4v) is 3.22. The van der Waals surface area contributed by atoms with Gasteiger partial charge in [0.1, 0.15) is 22.7 Å². The molecule has 0 saturated carbocycles. The Hall–Kier alpha value is -3.26. The highest BCUT2D eigenvalue weighted by atomic mass is 32.1. The number of rotatable bonds is 7. The van der Waals surface area contributed by atoms with Crippen LogP contribution in [0.25, 0.3) is 11.0 Å². The van der Waals surface area contributed by atoms with Gasteiger partial charge in [-0.3, -0.25) is 10.9 Å². The van der Waals surface area contributed by atoms with E-state index in [1.54, 1.807) is 18.2 Å². The third-order valence-electron chi connectivity index (χ3n) is 4.58. The second-order valence-corrected chi connectivity index (χ2v) is 6.90. The Morgan fingerprint density at radius 3 is 2.90 bits per heavy atom. The maximum Gasteiger partial charge on any atom is 0.346 e.